The van der Waals surface area contributed by atoms with Crippen LogP contribution in [0.2, 0.25) is 0 Å². The fourth-order valence-electron chi connectivity index (χ4n) is 1.72. The van der Waals surface area contributed by atoms with Crippen molar-refractivity contribution in [1.82, 2.24) is 4.90 Å². The summed E-state index contributed by atoms with van der Waals surface area (Å²) in [5.74, 6) is 0. The van der Waals surface area contributed by atoms with Crippen molar-refractivity contribution in [2.24, 2.45) is 0 Å². The second-order valence-corrected chi connectivity index (χ2v) is 3.43. The van der Waals surface area contributed by atoms with E-state index in [0.717, 1.165) is 32.6 Å². The third kappa shape index (κ3) is 2.92. The predicted octanol–water partition coefficient (Wildman–Crippen LogP) is 1.85. The summed E-state index contributed by atoms with van der Waals surface area (Å²) in [5.41, 5.74) is 0. The van der Waals surface area contributed by atoms with Crippen molar-refractivity contribution in [1.29, 1.82) is 0 Å². The maximum Gasteiger partial charge on any atom is 0.113 e. The first-order chi connectivity index (χ1) is 6.36. The van der Waals surface area contributed by atoms with Crippen LogP contribution in [-0.4, -0.2) is 43.4 Å². The number of hydrogen-bond donors (Lipinski definition) is 0. The molecule has 0 aromatic carbocycles. The quantitative estimate of drug-likeness (QED) is 0.624. The highest BCUT2D eigenvalue weighted by Crippen LogP contribution is 2.18. The smallest absolute Gasteiger partial charge is 0.113 e. The van der Waals surface area contributed by atoms with Crippen molar-refractivity contribution in [3.05, 3.63) is 0 Å². The summed E-state index contributed by atoms with van der Waals surface area (Å²) in [4.78, 5) is 2.22. The Balaban J connectivity index is 0.000000396. The van der Waals surface area contributed by atoms with E-state index in [0.29, 0.717) is 12.6 Å². The van der Waals surface area contributed by atoms with Crippen molar-refractivity contribution in [2.75, 3.05) is 26.3 Å². The predicted molar refractivity (Wildman–Crippen MR) is 51.7 cm³/mol. The van der Waals surface area contributed by atoms with Crippen molar-refractivity contribution >= 4 is 0 Å². The Labute approximate surface area is 80.1 Å². The molecule has 1 unspecified atom stereocenters. The van der Waals surface area contributed by atoms with Crippen LogP contribution in [0.1, 0.15) is 26.7 Å². The molecule has 0 aromatic rings. The van der Waals surface area contributed by atoms with Gasteiger partial charge in [0.05, 0.1) is 19.3 Å². The van der Waals surface area contributed by atoms with Gasteiger partial charge in [0.15, 0.2) is 0 Å². The van der Waals surface area contributed by atoms with E-state index in [1.54, 1.807) is 0 Å². The lowest BCUT2D eigenvalue weighted by molar-refractivity contribution is -0.0780. The molecule has 0 N–H and O–H groups in total. The minimum Gasteiger partial charge on any atom is -0.378 e. The van der Waals surface area contributed by atoms with Gasteiger partial charge in [0.1, 0.15) is 6.17 Å². The molecule has 3 heteroatoms. The SMILES string of the molecule is CC.FC1CCCN(C2COC2)C1. The molecular formula is C10H20FNO. The minimum absolute atomic E-state index is 0.522. The van der Waals surface area contributed by atoms with Gasteiger partial charge in [-0.15, -0.1) is 0 Å². The summed E-state index contributed by atoms with van der Waals surface area (Å²) in [6.07, 6.45) is 1.17. The maximum absolute atomic E-state index is 12.9. The highest BCUT2D eigenvalue weighted by molar-refractivity contribution is 4.82. The van der Waals surface area contributed by atoms with Crippen LogP contribution in [0.4, 0.5) is 4.39 Å². The van der Waals surface area contributed by atoms with Gasteiger partial charge in [0, 0.05) is 6.54 Å². The lowest BCUT2D eigenvalue weighted by atomic mass is 10.1. The molecule has 0 bridgehead atoms. The van der Waals surface area contributed by atoms with Crippen LogP contribution < -0.4 is 0 Å². The number of nitrogens with zero attached hydrogens (tertiary/aromatic N) is 1. The van der Waals surface area contributed by atoms with E-state index in [2.05, 4.69) is 4.90 Å². The van der Waals surface area contributed by atoms with Gasteiger partial charge in [-0.25, -0.2) is 4.39 Å². The molecule has 2 saturated heterocycles. The Kier molecular flexibility index (Phi) is 4.67. The first-order valence-corrected chi connectivity index (χ1v) is 5.32. The third-order valence-corrected chi connectivity index (χ3v) is 2.53. The first kappa shape index (κ1) is 10.9. The van der Waals surface area contributed by atoms with Crippen molar-refractivity contribution in [2.45, 2.75) is 38.9 Å². The van der Waals surface area contributed by atoms with E-state index < -0.39 is 6.17 Å². The molecule has 13 heavy (non-hydrogen) atoms. The van der Waals surface area contributed by atoms with Gasteiger partial charge in [-0.3, -0.25) is 4.90 Å². The zero-order valence-electron chi connectivity index (χ0n) is 8.63. The molecule has 2 aliphatic heterocycles. The summed E-state index contributed by atoms with van der Waals surface area (Å²) in [5, 5.41) is 0. The zero-order valence-corrected chi connectivity index (χ0v) is 8.63. The van der Waals surface area contributed by atoms with E-state index in [1.165, 1.54) is 0 Å². The second-order valence-electron chi connectivity index (χ2n) is 3.43. The van der Waals surface area contributed by atoms with Crippen LogP contribution in [0, 0.1) is 0 Å². The van der Waals surface area contributed by atoms with E-state index in [4.69, 9.17) is 4.74 Å². The largest absolute Gasteiger partial charge is 0.378 e. The molecule has 78 valence electrons. The Bertz CT molecular complexity index is 139. The average molecular weight is 189 g/mol. The highest BCUT2D eigenvalue weighted by atomic mass is 19.1. The van der Waals surface area contributed by atoms with E-state index in [9.17, 15) is 4.39 Å². The summed E-state index contributed by atoms with van der Waals surface area (Å²) < 4.78 is 17.9. The van der Waals surface area contributed by atoms with Crippen LogP contribution in [0.25, 0.3) is 0 Å². The fraction of sp³-hybridized carbons (Fsp3) is 1.00. The molecule has 0 aromatic heterocycles. The summed E-state index contributed by atoms with van der Waals surface area (Å²) >= 11 is 0. The van der Waals surface area contributed by atoms with Gasteiger partial charge in [0.25, 0.3) is 0 Å². The number of piperidine rings is 1. The molecule has 2 rings (SSSR count). The van der Waals surface area contributed by atoms with Gasteiger partial charge in [-0.2, -0.15) is 0 Å². The minimum atomic E-state index is -0.593. The van der Waals surface area contributed by atoms with E-state index in [-0.39, 0.29) is 0 Å². The number of ether oxygens (including phenoxy) is 1. The molecule has 2 nitrogen and oxygen atoms in total. The fourth-order valence-corrected chi connectivity index (χ4v) is 1.72. The van der Waals surface area contributed by atoms with Gasteiger partial charge in [-0.05, 0) is 19.4 Å². The normalized spacial score (nSPS) is 30.2. The van der Waals surface area contributed by atoms with Crippen LogP contribution in [-0.2, 0) is 4.74 Å². The topological polar surface area (TPSA) is 12.5 Å². The molecule has 0 radical (unpaired) electrons. The van der Waals surface area contributed by atoms with Crippen molar-refractivity contribution in [3.8, 4) is 0 Å². The molecular weight excluding hydrogens is 169 g/mol. The molecule has 2 heterocycles. The van der Waals surface area contributed by atoms with Crippen molar-refractivity contribution in [3.63, 3.8) is 0 Å². The second kappa shape index (κ2) is 5.55. The Morgan fingerprint density at radius 3 is 2.46 bits per heavy atom. The summed E-state index contributed by atoms with van der Waals surface area (Å²) in [6.45, 7) is 7.32. The Morgan fingerprint density at radius 1 is 1.31 bits per heavy atom. The molecule has 2 fully saturated rings. The monoisotopic (exact) mass is 189 g/mol. The first-order valence-electron chi connectivity index (χ1n) is 5.32. The van der Waals surface area contributed by atoms with Gasteiger partial charge in [0.2, 0.25) is 0 Å². The van der Waals surface area contributed by atoms with Gasteiger partial charge in [-0.1, -0.05) is 13.8 Å². The molecule has 0 amide bonds. The van der Waals surface area contributed by atoms with Crippen LogP contribution in [0.3, 0.4) is 0 Å². The average Bonchev–Trinajstić information content (AvgIpc) is 2.05. The maximum atomic E-state index is 12.9. The van der Waals surface area contributed by atoms with Gasteiger partial charge < -0.3 is 4.74 Å². The Morgan fingerprint density at radius 2 is 2.00 bits per heavy atom. The third-order valence-electron chi connectivity index (χ3n) is 2.53. The Hall–Kier alpha value is -0.150. The number of halogens is 1. The molecule has 0 saturated carbocycles. The van der Waals surface area contributed by atoms with E-state index in [1.807, 2.05) is 13.8 Å². The van der Waals surface area contributed by atoms with E-state index >= 15 is 0 Å². The zero-order chi connectivity index (χ0) is 9.68. The molecule has 0 aliphatic carbocycles. The number of hydrogen-bond acceptors (Lipinski definition) is 2. The lowest BCUT2D eigenvalue weighted by Crippen LogP contribution is -2.52. The van der Waals surface area contributed by atoms with Crippen LogP contribution >= 0.6 is 0 Å². The lowest BCUT2D eigenvalue weighted by Gasteiger charge is -2.40. The van der Waals surface area contributed by atoms with Gasteiger partial charge >= 0.3 is 0 Å². The summed E-state index contributed by atoms with van der Waals surface area (Å²) in [7, 11) is 0. The molecule has 1 atom stereocenters. The molecule has 0 spiro atoms. The van der Waals surface area contributed by atoms with Crippen LogP contribution in [0.15, 0.2) is 0 Å². The standard InChI is InChI=1S/C8H14FNO.C2H6/c9-7-2-1-3-10(4-7)8-5-11-6-8;1-2/h7-8H,1-6H2;1-2H3. The molecule has 2 aliphatic rings. The van der Waals surface area contributed by atoms with Crippen LogP contribution in [0.5, 0.6) is 0 Å². The number of likely N-dealkylation sites (tertiary alicyclic amines) is 1. The number of alkyl halides is 1. The highest BCUT2D eigenvalue weighted by Gasteiger charge is 2.29. The number of rotatable bonds is 1. The summed E-state index contributed by atoms with van der Waals surface area (Å²) in [6, 6.07) is 0.522. The van der Waals surface area contributed by atoms with Crippen molar-refractivity contribution < 1.29 is 9.13 Å².